The fourth-order valence-corrected chi connectivity index (χ4v) is 3.13. The predicted octanol–water partition coefficient (Wildman–Crippen LogP) is 2.49. The van der Waals surface area contributed by atoms with Crippen molar-refractivity contribution in [2.75, 3.05) is 13.1 Å². The Morgan fingerprint density at radius 2 is 1.89 bits per heavy atom. The van der Waals surface area contributed by atoms with Gasteiger partial charge in [-0.05, 0) is 37.6 Å². The van der Waals surface area contributed by atoms with Crippen LogP contribution in [0.3, 0.4) is 0 Å². The van der Waals surface area contributed by atoms with E-state index >= 15 is 0 Å². The summed E-state index contributed by atoms with van der Waals surface area (Å²) in [5.74, 6) is 1.71. The molecule has 2 rings (SSSR count). The minimum absolute atomic E-state index is 0. The van der Waals surface area contributed by atoms with Gasteiger partial charge in [0.25, 0.3) is 0 Å². The molecular weight excluding hydrogens is 248 g/mol. The SMILES string of the molecule is CC1CCCCC1CNC(=O)[C@@H]1CCCCN1.Cl. The molecule has 3 atom stereocenters. The second-order valence-electron chi connectivity index (χ2n) is 5.77. The van der Waals surface area contributed by atoms with E-state index in [0.717, 1.165) is 25.4 Å². The van der Waals surface area contributed by atoms with Crippen molar-refractivity contribution in [3.63, 3.8) is 0 Å². The molecule has 4 heteroatoms. The highest BCUT2D eigenvalue weighted by Crippen LogP contribution is 2.28. The van der Waals surface area contributed by atoms with Gasteiger partial charge in [0.1, 0.15) is 0 Å². The van der Waals surface area contributed by atoms with Crippen LogP contribution in [0.2, 0.25) is 0 Å². The molecule has 2 aliphatic rings. The Morgan fingerprint density at radius 1 is 1.17 bits per heavy atom. The predicted molar refractivity (Wildman–Crippen MR) is 77.0 cm³/mol. The third-order valence-electron chi connectivity index (χ3n) is 4.45. The normalized spacial score (nSPS) is 32.4. The van der Waals surface area contributed by atoms with Crippen molar-refractivity contribution in [1.29, 1.82) is 0 Å². The molecule has 1 heterocycles. The van der Waals surface area contributed by atoms with Gasteiger partial charge in [-0.1, -0.05) is 32.6 Å². The number of nitrogens with one attached hydrogen (secondary N) is 2. The molecule has 18 heavy (non-hydrogen) atoms. The molecule has 1 amide bonds. The molecule has 2 N–H and O–H groups in total. The topological polar surface area (TPSA) is 41.1 Å². The Kier molecular flexibility index (Phi) is 7.02. The number of halogens is 1. The number of carbonyl (C=O) groups is 1. The molecule has 1 saturated carbocycles. The Balaban J connectivity index is 0.00000162. The van der Waals surface area contributed by atoms with Crippen LogP contribution in [0.4, 0.5) is 0 Å². The van der Waals surface area contributed by atoms with Crippen molar-refractivity contribution >= 4 is 18.3 Å². The second kappa shape index (κ2) is 8.00. The molecule has 1 aliphatic heterocycles. The number of carbonyl (C=O) groups excluding carboxylic acids is 1. The maximum absolute atomic E-state index is 12.0. The number of amides is 1. The molecular formula is C14H27ClN2O. The van der Waals surface area contributed by atoms with Crippen LogP contribution < -0.4 is 10.6 Å². The molecule has 0 aromatic heterocycles. The number of hydrogen-bond donors (Lipinski definition) is 2. The van der Waals surface area contributed by atoms with Gasteiger partial charge in [-0.2, -0.15) is 0 Å². The molecule has 2 unspecified atom stereocenters. The monoisotopic (exact) mass is 274 g/mol. The fourth-order valence-electron chi connectivity index (χ4n) is 3.13. The molecule has 1 aliphatic carbocycles. The largest absolute Gasteiger partial charge is 0.354 e. The van der Waals surface area contributed by atoms with Gasteiger partial charge in [0.05, 0.1) is 6.04 Å². The first-order valence-corrected chi connectivity index (χ1v) is 7.28. The summed E-state index contributed by atoms with van der Waals surface area (Å²) in [5.41, 5.74) is 0. The van der Waals surface area contributed by atoms with Crippen LogP contribution in [0.1, 0.15) is 51.9 Å². The minimum atomic E-state index is 0. The van der Waals surface area contributed by atoms with Gasteiger partial charge in [0.15, 0.2) is 0 Å². The summed E-state index contributed by atoms with van der Waals surface area (Å²) in [4.78, 5) is 12.0. The lowest BCUT2D eigenvalue weighted by Gasteiger charge is -2.30. The van der Waals surface area contributed by atoms with Gasteiger partial charge in [0.2, 0.25) is 5.91 Å². The maximum atomic E-state index is 12.0. The van der Waals surface area contributed by atoms with E-state index in [1.54, 1.807) is 0 Å². The van der Waals surface area contributed by atoms with E-state index in [9.17, 15) is 4.79 Å². The van der Waals surface area contributed by atoms with Gasteiger partial charge < -0.3 is 10.6 Å². The summed E-state index contributed by atoms with van der Waals surface area (Å²) in [6, 6.07) is 0.0719. The molecule has 1 saturated heterocycles. The lowest BCUT2D eigenvalue weighted by atomic mass is 9.80. The molecule has 106 valence electrons. The minimum Gasteiger partial charge on any atom is -0.354 e. The van der Waals surface area contributed by atoms with Crippen molar-refractivity contribution in [1.82, 2.24) is 10.6 Å². The third-order valence-corrected chi connectivity index (χ3v) is 4.45. The lowest BCUT2D eigenvalue weighted by Crippen LogP contribution is -2.48. The molecule has 0 bridgehead atoms. The van der Waals surface area contributed by atoms with Crippen LogP contribution in [0.5, 0.6) is 0 Å². The highest BCUT2D eigenvalue weighted by Gasteiger charge is 2.24. The van der Waals surface area contributed by atoms with Crippen molar-refractivity contribution in [2.24, 2.45) is 11.8 Å². The van der Waals surface area contributed by atoms with Gasteiger partial charge in [0, 0.05) is 6.54 Å². The van der Waals surface area contributed by atoms with Crippen molar-refractivity contribution in [3.05, 3.63) is 0 Å². The Hall–Kier alpha value is -0.280. The summed E-state index contributed by atoms with van der Waals surface area (Å²) in [6.45, 7) is 4.21. The highest BCUT2D eigenvalue weighted by atomic mass is 35.5. The quantitative estimate of drug-likeness (QED) is 0.830. The van der Waals surface area contributed by atoms with Crippen LogP contribution in [0, 0.1) is 11.8 Å². The lowest BCUT2D eigenvalue weighted by molar-refractivity contribution is -0.124. The zero-order valence-electron chi connectivity index (χ0n) is 11.4. The average Bonchev–Trinajstić information content (AvgIpc) is 2.38. The first-order chi connectivity index (χ1) is 8.27. The van der Waals surface area contributed by atoms with E-state index in [-0.39, 0.29) is 24.4 Å². The van der Waals surface area contributed by atoms with Crippen LogP contribution in [-0.2, 0) is 4.79 Å². The van der Waals surface area contributed by atoms with Gasteiger partial charge in [-0.3, -0.25) is 4.79 Å². The van der Waals surface area contributed by atoms with Crippen molar-refractivity contribution in [2.45, 2.75) is 57.9 Å². The maximum Gasteiger partial charge on any atom is 0.237 e. The van der Waals surface area contributed by atoms with Crippen molar-refractivity contribution in [3.8, 4) is 0 Å². The third kappa shape index (κ3) is 4.43. The van der Waals surface area contributed by atoms with Crippen molar-refractivity contribution < 1.29 is 4.79 Å². The zero-order chi connectivity index (χ0) is 12.1. The van der Waals surface area contributed by atoms with Gasteiger partial charge >= 0.3 is 0 Å². The molecule has 0 radical (unpaired) electrons. The zero-order valence-corrected chi connectivity index (χ0v) is 12.2. The molecule has 3 nitrogen and oxygen atoms in total. The molecule has 2 fully saturated rings. The Bertz CT molecular complexity index is 254. The fraction of sp³-hybridized carbons (Fsp3) is 0.929. The summed E-state index contributed by atoms with van der Waals surface area (Å²) >= 11 is 0. The molecule has 0 spiro atoms. The summed E-state index contributed by atoms with van der Waals surface area (Å²) in [6.07, 6.45) is 8.74. The number of hydrogen-bond acceptors (Lipinski definition) is 2. The summed E-state index contributed by atoms with van der Waals surface area (Å²) < 4.78 is 0. The first kappa shape index (κ1) is 15.8. The second-order valence-corrected chi connectivity index (χ2v) is 5.77. The van der Waals surface area contributed by atoms with E-state index in [1.165, 1.54) is 38.5 Å². The van der Waals surface area contributed by atoms with Gasteiger partial charge in [-0.15, -0.1) is 12.4 Å². The number of rotatable bonds is 3. The van der Waals surface area contributed by atoms with E-state index in [1.807, 2.05) is 0 Å². The Morgan fingerprint density at radius 3 is 2.56 bits per heavy atom. The highest BCUT2D eigenvalue weighted by molar-refractivity contribution is 5.85. The van der Waals surface area contributed by atoms with Crippen LogP contribution >= 0.6 is 12.4 Å². The molecule has 0 aromatic rings. The molecule has 0 aromatic carbocycles. The summed E-state index contributed by atoms with van der Waals surface area (Å²) in [5, 5.41) is 6.46. The smallest absolute Gasteiger partial charge is 0.237 e. The van der Waals surface area contributed by atoms with Crippen LogP contribution in [-0.4, -0.2) is 25.0 Å². The van der Waals surface area contributed by atoms with E-state index in [4.69, 9.17) is 0 Å². The van der Waals surface area contributed by atoms with E-state index in [0.29, 0.717) is 5.92 Å². The standard InChI is InChI=1S/C14H26N2O.ClH/c1-11-6-2-3-7-12(11)10-16-14(17)13-8-4-5-9-15-13;/h11-13,15H,2-10H2,1H3,(H,16,17);1H/t11?,12?,13-;/m0./s1. The number of piperidine rings is 1. The van der Waals surface area contributed by atoms with Crippen LogP contribution in [0.15, 0.2) is 0 Å². The van der Waals surface area contributed by atoms with Gasteiger partial charge in [-0.25, -0.2) is 0 Å². The van der Waals surface area contributed by atoms with Crippen LogP contribution in [0.25, 0.3) is 0 Å². The van der Waals surface area contributed by atoms with E-state index < -0.39 is 0 Å². The average molecular weight is 275 g/mol. The summed E-state index contributed by atoms with van der Waals surface area (Å²) in [7, 11) is 0. The first-order valence-electron chi connectivity index (χ1n) is 7.28. The Labute approximate surface area is 117 Å². The van der Waals surface area contributed by atoms with E-state index in [2.05, 4.69) is 17.6 Å².